The third kappa shape index (κ3) is 7.58. The van der Waals surface area contributed by atoms with Crippen molar-refractivity contribution in [2.24, 2.45) is 0 Å². The van der Waals surface area contributed by atoms with Gasteiger partial charge in [0.1, 0.15) is 18.4 Å². The molecule has 3 aromatic rings. The maximum absolute atomic E-state index is 14.0. The normalized spacial score (nSPS) is 14.7. The Labute approximate surface area is 250 Å². The van der Waals surface area contributed by atoms with Gasteiger partial charge in [-0.05, 0) is 68.3 Å². The molecule has 0 unspecified atom stereocenters. The lowest BCUT2D eigenvalue weighted by molar-refractivity contribution is -0.139. The number of benzene rings is 3. The van der Waals surface area contributed by atoms with E-state index in [2.05, 4.69) is 5.32 Å². The second-order valence-electron chi connectivity index (χ2n) is 10.0. The van der Waals surface area contributed by atoms with Crippen LogP contribution in [0.25, 0.3) is 0 Å². The molecule has 1 aliphatic rings. The van der Waals surface area contributed by atoms with Crippen LogP contribution in [0.4, 0.5) is 10.1 Å². The number of carbonyl (C=O) groups excluding carboxylic acids is 2. The van der Waals surface area contributed by atoms with E-state index in [1.165, 1.54) is 29.2 Å². The molecular formula is C30H32Cl2FN3O4S. The Kier molecular flexibility index (Phi) is 10.3. The van der Waals surface area contributed by atoms with Gasteiger partial charge in [0.15, 0.2) is 0 Å². The van der Waals surface area contributed by atoms with E-state index in [1.807, 2.05) is 0 Å². The Hall–Kier alpha value is -3.14. The summed E-state index contributed by atoms with van der Waals surface area (Å²) in [4.78, 5) is 28.6. The number of halogens is 3. The molecule has 1 N–H and O–H groups in total. The Balaban J connectivity index is 1.69. The molecule has 0 aromatic heterocycles. The lowest BCUT2D eigenvalue weighted by atomic mass is 9.95. The lowest BCUT2D eigenvalue weighted by Crippen LogP contribution is -2.53. The molecule has 0 heterocycles. The Morgan fingerprint density at radius 3 is 2.15 bits per heavy atom. The minimum Gasteiger partial charge on any atom is -0.352 e. The second-order valence-corrected chi connectivity index (χ2v) is 12.7. The van der Waals surface area contributed by atoms with Crippen molar-refractivity contribution in [3.63, 3.8) is 0 Å². The summed E-state index contributed by atoms with van der Waals surface area (Å²) in [7, 11) is -4.24. The predicted octanol–water partition coefficient (Wildman–Crippen LogP) is 6.19. The van der Waals surface area contributed by atoms with E-state index in [0.29, 0.717) is 15.6 Å². The van der Waals surface area contributed by atoms with E-state index in [4.69, 9.17) is 23.2 Å². The first-order valence-corrected chi connectivity index (χ1v) is 15.6. The van der Waals surface area contributed by atoms with Crippen molar-refractivity contribution in [1.82, 2.24) is 10.2 Å². The van der Waals surface area contributed by atoms with Crippen LogP contribution in [-0.2, 0) is 26.2 Å². The van der Waals surface area contributed by atoms with E-state index in [-0.39, 0.29) is 29.1 Å². The smallest absolute Gasteiger partial charge is 0.264 e. The number of amides is 2. The van der Waals surface area contributed by atoms with Gasteiger partial charge in [-0.3, -0.25) is 13.9 Å². The highest BCUT2D eigenvalue weighted by molar-refractivity contribution is 7.92. The summed E-state index contributed by atoms with van der Waals surface area (Å²) in [6.45, 7) is 0.819. The highest BCUT2D eigenvalue weighted by Gasteiger charge is 2.33. The van der Waals surface area contributed by atoms with Gasteiger partial charge >= 0.3 is 0 Å². The zero-order valence-electron chi connectivity index (χ0n) is 22.6. The molecule has 7 nitrogen and oxygen atoms in total. The molecule has 1 saturated carbocycles. The molecular weight excluding hydrogens is 588 g/mol. The standard InChI is InChI=1S/C30H32Cl2FN3O4S/c1-21(30(38)34-23-9-4-2-5-10-23)35(19-26-27(31)13-8-14-28(26)32)29(37)20-36(24-17-15-22(33)16-18-24)41(39,40)25-11-6-3-7-12-25/h3,6-8,11-18,21,23H,2,4-5,9-10,19-20H2,1H3,(H,34,38)/t21-/m1/s1. The molecule has 3 aromatic carbocycles. The molecule has 4 rings (SSSR count). The first kappa shape index (κ1) is 30.8. The number of nitrogens with zero attached hydrogens (tertiary/aromatic N) is 2. The fourth-order valence-electron chi connectivity index (χ4n) is 4.86. The Morgan fingerprint density at radius 1 is 0.927 bits per heavy atom. The Morgan fingerprint density at radius 2 is 1.54 bits per heavy atom. The van der Waals surface area contributed by atoms with Crippen LogP contribution < -0.4 is 9.62 Å². The van der Waals surface area contributed by atoms with Crippen molar-refractivity contribution < 1.29 is 22.4 Å². The van der Waals surface area contributed by atoms with E-state index >= 15 is 0 Å². The fourth-order valence-corrected chi connectivity index (χ4v) is 6.81. The molecule has 0 spiro atoms. The van der Waals surface area contributed by atoms with Crippen molar-refractivity contribution in [2.45, 2.75) is 62.6 Å². The van der Waals surface area contributed by atoms with Crippen molar-refractivity contribution in [3.8, 4) is 0 Å². The van der Waals surface area contributed by atoms with E-state index < -0.39 is 34.3 Å². The first-order valence-electron chi connectivity index (χ1n) is 13.4. The SMILES string of the molecule is C[C@H](C(=O)NC1CCCCC1)N(Cc1c(Cl)cccc1Cl)C(=O)CN(c1ccc(F)cc1)S(=O)(=O)c1ccccc1. The average Bonchev–Trinajstić information content (AvgIpc) is 2.97. The van der Waals surface area contributed by atoms with E-state index in [1.54, 1.807) is 43.3 Å². The summed E-state index contributed by atoms with van der Waals surface area (Å²) in [6.07, 6.45) is 4.86. The van der Waals surface area contributed by atoms with Crippen LogP contribution in [0.5, 0.6) is 0 Å². The molecule has 0 aliphatic heterocycles. The van der Waals surface area contributed by atoms with Gasteiger partial charge in [0.25, 0.3) is 10.0 Å². The third-order valence-electron chi connectivity index (χ3n) is 7.23. The highest BCUT2D eigenvalue weighted by Crippen LogP contribution is 2.28. The van der Waals surface area contributed by atoms with E-state index in [9.17, 15) is 22.4 Å². The van der Waals surface area contributed by atoms with Crippen LogP contribution in [0.1, 0.15) is 44.6 Å². The summed E-state index contributed by atoms with van der Waals surface area (Å²) >= 11 is 12.8. The topological polar surface area (TPSA) is 86.8 Å². The van der Waals surface area contributed by atoms with E-state index in [0.717, 1.165) is 48.5 Å². The van der Waals surface area contributed by atoms with Crippen molar-refractivity contribution >= 4 is 50.7 Å². The number of nitrogens with one attached hydrogen (secondary N) is 1. The van der Waals surface area contributed by atoms with Crippen LogP contribution >= 0.6 is 23.2 Å². The molecule has 218 valence electrons. The third-order valence-corrected chi connectivity index (χ3v) is 9.73. The summed E-state index contributed by atoms with van der Waals surface area (Å²) in [5.41, 5.74) is 0.527. The zero-order chi connectivity index (χ0) is 29.6. The molecule has 1 atom stereocenters. The minimum absolute atomic E-state index is 0.00808. The first-order chi connectivity index (χ1) is 19.6. The van der Waals surface area contributed by atoms with Crippen LogP contribution in [0.15, 0.2) is 77.7 Å². The molecule has 0 bridgehead atoms. The lowest BCUT2D eigenvalue weighted by Gasteiger charge is -2.33. The van der Waals surface area contributed by atoms with Crippen molar-refractivity contribution in [2.75, 3.05) is 10.8 Å². The molecule has 0 saturated heterocycles. The van der Waals surface area contributed by atoms with Crippen LogP contribution in [0, 0.1) is 5.82 Å². The molecule has 1 fully saturated rings. The Bertz CT molecular complexity index is 1450. The number of rotatable bonds is 10. The maximum Gasteiger partial charge on any atom is 0.264 e. The summed E-state index contributed by atoms with van der Waals surface area (Å²) < 4.78 is 42.2. The van der Waals surface area contributed by atoms with Gasteiger partial charge in [-0.1, -0.05) is 66.7 Å². The van der Waals surface area contributed by atoms with Crippen LogP contribution in [0.3, 0.4) is 0 Å². The van der Waals surface area contributed by atoms with Gasteiger partial charge < -0.3 is 10.2 Å². The number of sulfonamides is 1. The average molecular weight is 621 g/mol. The highest BCUT2D eigenvalue weighted by atomic mass is 35.5. The largest absolute Gasteiger partial charge is 0.352 e. The van der Waals surface area contributed by atoms with Crippen LogP contribution in [-0.4, -0.2) is 43.8 Å². The summed E-state index contributed by atoms with van der Waals surface area (Å²) in [6, 6.07) is 16.4. The second kappa shape index (κ2) is 13.7. The molecule has 2 amide bonds. The monoisotopic (exact) mass is 619 g/mol. The molecule has 11 heteroatoms. The molecule has 1 aliphatic carbocycles. The maximum atomic E-state index is 14.0. The van der Waals surface area contributed by atoms with Crippen molar-refractivity contribution in [1.29, 1.82) is 0 Å². The number of hydrogen-bond acceptors (Lipinski definition) is 4. The number of hydrogen-bond donors (Lipinski definition) is 1. The van der Waals surface area contributed by atoms with Crippen LogP contribution in [0.2, 0.25) is 10.0 Å². The minimum atomic E-state index is -4.24. The molecule has 0 radical (unpaired) electrons. The zero-order valence-corrected chi connectivity index (χ0v) is 24.9. The van der Waals surface area contributed by atoms with Gasteiger partial charge in [-0.2, -0.15) is 0 Å². The number of anilines is 1. The van der Waals surface area contributed by atoms with Gasteiger partial charge in [0.2, 0.25) is 11.8 Å². The predicted molar refractivity (Wildman–Crippen MR) is 159 cm³/mol. The molecule has 41 heavy (non-hydrogen) atoms. The van der Waals surface area contributed by atoms with Crippen molar-refractivity contribution in [3.05, 3.63) is 94.2 Å². The van der Waals surface area contributed by atoms with Gasteiger partial charge in [-0.25, -0.2) is 12.8 Å². The van der Waals surface area contributed by atoms with Gasteiger partial charge in [-0.15, -0.1) is 0 Å². The van der Waals surface area contributed by atoms with Gasteiger partial charge in [0, 0.05) is 28.2 Å². The quantitative estimate of drug-likeness (QED) is 0.293. The summed E-state index contributed by atoms with van der Waals surface area (Å²) in [5, 5.41) is 3.66. The summed E-state index contributed by atoms with van der Waals surface area (Å²) in [5.74, 6) is -1.57. The number of carbonyl (C=O) groups is 2. The fraction of sp³-hybridized carbons (Fsp3) is 0.333. The van der Waals surface area contributed by atoms with Gasteiger partial charge in [0.05, 0.1) is 10.6 Å².